The van der Waals surface area contributed by atoms with Crippen molar-refractivity contribution in [3.63, 3.8) is 0 Å². The molecule has 0 aromatic heterocycles. The first kappa shape index (κ1) is 6.39. The first-order valence-electron chi connectivity index (χ1n) is 1.74. The van der Waals surface area contributed by atoms with Crippen LogP contribution in [0.5, 0.6) is 0 Å². The van der Waals surface area contributed by atoms with Gasteiger partial charge in [0.2, 0.25) is 0 Å². The molecule has 0 heterocycles. The summed E-state index contributed by atoms with van der Waals surface area (Å²) in [6.07, 6.45) is 1.22. The summed E-state index contributed by atoms with van der Waals surface area (Å²) in [6, 6.07) is 0. The summed E-state index contributed by atoms with van der Waals surface area (Å²) < 4.78 is 0. The number of aliphatic hydroxyl groups excluding tert-OH is 1. The molecule has 0 aromatic carbocycles. The molecule has 1 N–H and O–H groups in total. The molecule has 0 aromatic rings. The van der Waals surface area contributed by atoms with Gasteiger partial charge in [-0.2, -0.15) is 0 Å². The lowest BCUT2D eigenvalue weighted by molar-refractivity contribution is 0.453. The van der Waals surface area contributed by atoms with Crippen LogP contribution in [-0.4, -0.2) is 5.11 Å². The maximum Gasteiger partial charge on any atom is 0.192 e. The van der Waals surface area contributed by atoms with E-state index in [0.717, 1.165) is 0 Å². The van der Waals surface area contributed by atoms with Gasteiger partial charge in [-0.15, -0.1) is 5.92 Å². The van der Waals surface area contributed by atoms with Crippen molar-refractivity contribution in [1.82, 2.24) is 0 Å². The highest BCUT2D eigenvalue weighted by atomic mass is 35.5. The largest absolute Gasteiger partial charge is 0.498 e. The summed E-state index contributed by atoms with van der Waals surface area (Å²) in [6.45, 7) is 1.66. The second kappa shape index (κ2) is 3.58. The molecule has 38 valence electrons. The molecule has 0 spiro atoms. The molecule has 0 atom stereocenters. The van der Waals surface area contributed by atoms with Gasteiger partial charge in [-0.25, -0.2) is 0 Å². The molecule has 0 aliphatic rings. The van der Waals surface area contributed by atoms with Crippen LogP contribution in [0.2, 0.25) is 0 Å². The lowest BCUT2D eigenvalue weighted by Crippen LogP contribution is -1.58. The lowest BCUT2D eigenvalue weighted by Gasteiger charge is -1.72. The molecule has 7 heavy (non-hydrogen) atoms. The van der Waals surface area contributed by atoms with Crippen molar-refractivity contribution in [2.75, 3.05) is 0 Å². The fourth-order valence-electron chi connectivity index (χ4n) is 0.132. The Hall–Kier alpha value is -0.610. The molecule has 0 radical (unpaired) electrons. The van der Waals surface area contributed by atoms with Crippen molar-refractivity contribution >= 4 is 11.6 Å². The van der Waals surface area contributed by atoms with Crippen LogP contribution < -0.4 is 0 Å². The van der Waals surface area contributed by atoms with Gasteiger partial charge in [-0.3, -0.25) is 0 Å². The van der Waals surface area contributed by atoms with Gasteiger partial charge in [-0.05, 0) is 18.5 Å². The van der Waals surface area contributed by atoms with Gasteiger partial charge in [-0.1, -0.05) is 5.92 Å². The van der Waals surface area contributed by atoms with Crippen LogP contribution in [0.15, 0.2) is 11.3 Å². The van der Waals surface area contributed by atoms with Gasteiger partial charge >= 0.3 is 0 Å². The number of allylic oxidation sites excluding steroid dienone is 1. The third-order valence-corrected chi connectivity index (χ3v) is 0.445. The molecule has 0 amide bonds. The van der Waals surface area contributed by atoms with Crippen molar-refractivity contribution in [3.8, 4) is 11.8 Å². The maximum atomic E-state index is 8.21. The quantitative estimate of drug-likeness (QED) is 0.377. The molecule has 0 saturated heterocycles. The van der Waals surface area contributed by atoms with Crippen LogP contribution in [0.25, 0.3) is 0 Å². The fourth-order valence-corrected chi connectivity index (χ4v) is 0.186. The van der Waals surface area contributed by atoms with E-state index in [1.165, 1.54) is 6.08 Å². The van der Waals surface area contributed by atoms with Gasteiger partial charge in [0.1, 0.15) is 0 Å². The monoisotopic (exact) mass is 116 g/mol. The van der Waals surface area contributed by atoms with Crippen LogP contribution >= 0.6 is 11.6 Å². The minimum Gasteiger partial charge on any atom is -0.498 e. The summed E-state index contributed by atoms with van der Waals surface area (Å²) in [4.78, 5) is 0. The number of rotatable bonds is 0. The summed E-state index contributed by atoms with van der Waals surface area (Å²) in [5.41, 5.74) is 0. The van der Waals surface area contributed by atoms with Gasteiger partial charge in [0.15, 0.2) is 5.22 Å². The Kier molecular flexibility index (Phi) is 3.26. The molecule has 0 fully saturated rings. The topological polar surface area (TPSA) is 20.2 Å². The Morgan fingerprint density at radius 3 is 2.57 bits per heavy atom. The van der Waals surface area contributed by atoms with Crippen LogP contribution in [0.4, 0.5) is 0 Å². The molecule has 0 rings (SSSR count). The Morgan fingerprint density at radius 2 is 2.43 bits per heavy atom. The Labute approximate surface area is 47.6 Å². The van der Waals surface area contributed by atoms with Crippen molar-refractivity contribution < 1.29 is 5.11 Å². The van der Waals surface area contributed by atoms with Crippen molar-refractivity contribution in [3.05, 3.63) is 11.3 Å². The zero-order chi connectivity index (χ0) is 5.70. The predicted molar refractivity (Wildman–Crippen MR) is 30.0 cm³/mol. The second-order valence-corrected chi connectivity index (χ2v) is 1.25. The van der Waals surface area contributed by atoms with Gasteiger partial charge < -0.3 is 5.11 Å². The first-order chi connectivity index (χ1) is 3.27. The maximum absolute atomic E-state index is 8.21. The minimum absolute atomic E-state index is 0.269. The standard InChI is InChI=1S/C5H5ClO/c1-2-3-4-5(6)7/h4,7H,1H3. The molecule has 1 nitrogen and oxygen atoms in total. The highest BCUT2D eigenvalue weighted by Crippen LogP contribution is 1.89. The molecule has 0 aliphatic heterocycles. The van der Waals surface area contributed by atoms with Crippen LogP contribution in [-0.2, 0) is 0 Å². The molecular weight excluding hydrogens is 112 g/mol. The SMILES string of the molecule is CC#CC=C(O)Cl. The van der Waals surface area contributed by atoms with Crippen molar-refractivity contribution in [1.29, 1.82) is 0 Å². The second-order valence-electron chi connectivity index (χ2n) is 0.861. The Balaban J connectivity index is 3.61. The van der Waals surface area contributed by atoms with Crippen LogP contribution in [0.3, 0.4) is 0 Å². The Bertz CT molecular complexity index is 123. The minimum atomic E-state index is -0.269. The highest BCUT2D eigenvalue weighted by molar-refractivity contribution is 6.28. The first-order valence-corrected chi connectivity index (χ1v) is 2.12. The molecule has 2 heteroatoms. The molecule has 0 bridgehead atoms. The number of halogens is 1. The zero-order valence-electron chi connectivity index (χ0n) is 3.90. The summed E-state index contributed by atoms with van der Waals surface area (Å²) in [7, 11) is 0. The van der Waals surface area contributed by atoms with Crippen molar-refractivity contribution in [2.24, 2.45) is 0 Å². The molecule has 0 unspecified atom stereocenters. The summed E-state index contributed by atoms with van der Waals surface area (Å²) in [5.74, 6) is 4.98. The molecule has 0 saturated carbocycles. The normalized spacial score (nSPS) is 9.71. The van der Waals surface area contributed by atoms with E-state index in [9.17, 15) is 0 Å². The third kappa shape index (κ3) is 5.39. The zero-order valence-corrected chi connectivity index (χ0v) is 4.66. The number of hydrogen-bond acceptors (Lipinski definition) is 1. The van der Waals surface area contributed by atoms with Crippen molar-refractivity contribution in [2.45, 2.75) is 6.92 Å². The van der Waals surface area contributed by atoms with Gasteiger partial charge in [0, 0.05) is 6.08 Å². The summed E-state index contributed by atoms with van der Waals surface area (Å²) in [5, 5.41) is 7.94. The van der Waals surface area contributed by atoms with E-state index >= 15 is 0 Å². The molecule has 0 aliphatic carbocycles. The van der Waals surface area contributed by atoms with E-state index in [0.29, 0.717) is 0 Å². The van der Waals surface area contributed by atoms with Crippen LogP contribution in [0.1, 0.15) is 6.92 Å². The number of aliphatic hydroxyl groups is 1. The average molecular weight is 117 g/mol. The highest BCUT2D eigenvalue weighted by Gasteiger charge is 1.71. The van der Waals surface area contributed by atoms with E-state index in [4.69, 9.17) is 16.7 Å². The predicted octanol–water partition coefficient (Wildman–Crippen LogP) is 1.65. The van der Waals surface area contributed by atoms with Gasteiger partial charge in [0.25, 0.3) is 0 Å². The Morgan fingerprint density at radius 1 is 1.86 bits per heavy atom. The van der Waals surface area contributed by atoms with E-state index in [1.54, 1.807) is 6.92 Å². The van der Waals surface area contributed by atoms with E-state index in [-0.39, 0.29) is 5.22 Å². The number of hydrogen-bond donors (Lipinski definition) is 1. The van der Waals surface area contributed by atoms with E-state index in [2.05, 4.69) is 11.8 Å². The molecular formula is C5H5ClO. The summed E-state index contributed by atoms with van der Waals surface area (Å²) >= 11 is 4.97. The van der Waals surface area contributed by atoms with E-state index < -0.39 is 0 Å². The smallest absolute Gasteiger partial charge is 0.192 e. The van der Waals surface area contributed by atoms with E-state index in [1.807, 2.05) is 0 Å². The third-order valence-electron chi connectivity index (χ3n) is 0.336. The van der Waals surface area contributed by atoms with Crippen LogP contribution in [0, 0.1) is 11.8 Å². The fraction of sp³-hybridized carbons (Fsp3) is 0.200. The average Bonchev–Trinajstić information content (AvgIpc) is 1.61. The van der Waals surface area contributed by atoms with Gasteiger partial charge in [0.05, 0.1) is 0 Å². The lowest BCUT2D eigenvalue weighted by atomic mass is 10.6.